The van der Waals surface area contributed by atoms with Crippen LogP contribution < -0.4 is 5.73 Å². The van der Waals surface area contributed by atoms with Gasteiger partial charge in [-0.2, -0.15) is 0 Å². The van der Waals surface area contributed by atoms with E-state index in [1.807, 2.05) is 0 Å². The largest absolute Gasteiger partial charge is 0.322 e. The molecule has 2 N–H and O–H groups in total. The fourth-order valence-electron chi connectivity index (χ4n) is 1.74. The van der Waals surface area contributed by atoms with E-state index in [1.54, 1.807) is 6.92 Å². The zero-order chi connectivity index (χ0) is 10.6. The summed E-state index contributed by atoms with van der Waals surface area (Å²) in [4.78, 5) is 10.9. The van der Waals surface area contributed by atoms with Crippen LogP contribution in [0.4, 0.5) is 0 Å². The average molecular weight is 197 g/mol. The van der Waals surface area contributed by atoms with Gasteiger partial charge in [-0.3, -0.25) is 4.79 Å². The molecule has 0 bridgehead atoms. The van der Waals surface area contributed by atoms with Crippen LogP contribution in [0.3, 0.4) is 0 Å². The van der Waals surface area contributed by atoms with Crippen LogP contribution in [0.2, 0.25) is 0 Å². The second kappa shape index (κ2) is 5.50. The predicted octanol–water partition coefficient (Wildman–Crippen LogP) is 2.51. The van der Waals surface area contributed by atoms with Crippen LogP contribution in [0.5, 0.6) is 0 Å². The zero-order valence-electron chi connectivity index (χ0n) is 9.46. The van der Waals surface area contributed by atoms with Crippen molar-refractivity contribution in [1.29, 1.82) is 0 Å². The molecule has 14 heavy (non-hydrogen) atoms. The minimum Gasteiger partial charge on any atom is -0.322 e. The van der Waals surface area contributed by atoms with Gasteiger partial charge in [-0.1, -0.05) is 32.6 Å². The highest BCUT2D eigenvalue weighted by Gasteiger charge is 2.21. The summed E-state index contributed by atoms with van der Waals surface area (Å²) < 4.78 is 0. The Hall–Kier alpha value is -0.370. The Kier molecular flexibility index (Phi) is 4.59. The van der Waals surface area contributed by atoms with Gasteiger partial charge in [0.05, 0.1) is 6.04 Å². The predicted molar refractivity (Wildman–Crippen MR) is 59.0 cm³/mol. The monoisotopic (exact) mass is 197 g/mol. The number of hydrogen-bond acceptors (Lipinski definition) is 2. The van der Waals surface area contributed by atoms with Crippen LogP contribution in [-0.2, 0) is 4.79 Å². The van der Waals surface area contributed by atoms with Crippen molar-refractivity contribution in [3.05, 3.63) is 0 Å². The number of carbonyl (C=O) groups is 1. The third-order valence-corrected chi connectivity index (χ3v) is 3.26. The first kappa shape index (κ1) is 11.7. The maximum Gasteiger partial charge on any atom is 0.146 e. The molecule has 1 rings (SSSR count). The van der Waals surface area contributed by atoms with Crippen LogP contribution in [-0.4, -0.2) is 11.8 Å². The van der Waals surface area contributed by atoms with Gasteiger partial charge >= 0.3 is 0 Å². The molecule has 1 fully saturated rings. The Balaban J connectivity index is 2.01. The lowest BCUT2D eigenvalue weighted by atomic mass is 9.95. The number of hydrogen-bond donors (Lipinski definition) is 1. The molecule has 0 radical (unpaired) electrons. The maximum absolute atomic E-state index is 10.9. The molecular formula is C12H23NO. The minimum absolute atomic E-state index is 0.124. The molecule has 1 aliphatic rings. The van der Waals surface area contributed by atoms with E-state index in [0.29, 0.717) is 0 Å². The molecule has 1 aliphatic carbocycles. The highest BCUT2D eigenvalue weighted by Crippen LogP contribution is 2.35. The van der Waals surface area contributed by atoms with Crippen LogP contribution in [0.25, 0.3) is 0 Å². The van der Waals surface area contributed by atoms with E-state index in [4.69, 9.17) is 5.73 Å². The summed E-state index contributed by atoms with van der Waals surface area (Å²) in [6, 6.07) is -0.224. The molecule has 82 valence electrons. The van der Waals surface area contributed by atoms with E-state index in [-0.39, 0.29) is 11.8 Å². The average Bonchev–Trinajstić information content (AvgIpc) is 2.94. The summed E-state index contributed by atoms with van der Waals surface area (Å²) in [6.45, 7) is 3.86. The van der Waals surface area contributed by atoms with Crippen LogP contribution in [0.15, 0.2) is 0 Å². The number of Topliss-reactive ketones (excluding diaryl/α,β-unsaturated/α-hetero) is 1. The summed E-state index contributed by atoms with van der Waals surface area (Å²) in [6.07, 6.45) is 7.56. The Morgan fingerprint density at radius 2 is 2.00 bits per heavy atom. The van der Waals surface area contributed by atoms with E-state index in [2.05, 4.69) is 6.92 Å². The summed E-state index contributed by atoms with van der Waals surface area (Å²) in [7, 11) is 0. The van der Waals surface area contributed by atoms with E-state index >= 15 is 0 Å². The molecule has 2 nitrogen and oxygen atoms in total. The lowest BCUT2D eigenvalue weighted by molar-refractivity contribution is -0.118. The van der Waals surface area contributed by atoms with E-state index < -0.39 is 0 Å². The molecule has 0 spiro atoms. The van der Waals surface area contributed by atoms with E-state index in [9.17, 15) is 4.79 Å². The van der Waals surface area contributed by atoms with E-state index in [0.717, 1.165) is 24.7 Å². The molecule has 0 aromatic heterocycles. The Labute approximate surface area is 87.2 Å². The summed E-state index contributed by atoms with van der Waals surface area (Å²) >= 11 is 0. The highest BCUT2D eigenvalue weighted by atomic mass is 16.1. The molecule has 2 heteroatoms. The normalized spacial score (nSPS) is 20.5. The van der Waals surface area contributed by atoms with Crippen LogP contribution in [0, 0.1) is 11.8 Å². The molecule has 0 heterocycles. The SMILES string of the molecule is CC(=O)[C@@H](N)CC[C@H](C)CCC1CC1. The molecule has 0 aliphatic heterocycles. The lowest BCUT2D eigenvalue weighted by Crippen LogP contribution is -2.28. The summed E-state index contributed by atoms with van der Waals surface area (Å²) in [5.41, 5.74) is 5.68. The van der Waals surface area contributed by atoms with Crippen molar-refractivity contribution in [3.8, 4) is 0 Å². The highest BCUT2D eigenvalue weighted by molar-refractivity contribution is 5.80. The first-order valence-corrected chi connectivity index (χ1v) is 5.85. The third-order valence-electron chi connectivity index (χ3n) is 3.26. The van der Waals surface area contributed by atoms with Crippen molar-refractivity contribution < 1.29 is 4.79 Å². The molecule has 0 aromatic rings. The van der Waals surface area contributed by atoms with Crippen molar-refractivity contribution in [2.45, 2.75) is 58.4 Å². The van der Waals surface area contributed by atoms with Gasteiger partial charge in [0.15, 0.2) is 0 Å². The first-order valence-electron chi connectivity index (χ1n) is 5.85. The fraction of sp³-hybridized carbons (Fsp3) is 0.917. The van der Waals surface area contributed by atoms with Gasteiger partial charge in [0, 0.05) is 0 Å². The summed E-state index contributed by atoms with van der Waals surface area (Å²) in [5, 5.41) is 0. The van der Waals surface area contributed by atoms with Crippen molar-refractivity contribution in [3.63, 3.8) is 0 Å². The van der Waals surface area contributed by atoms with Gasteiger partial charge in [0.25, 0.3) is 0 Å². The number of carbonyl (C=O) groups excluding carboxylic acids is 1. The van der Waals surface area contributed by atoms with Crippen molar-refractivity contribution >= 4 is 5.78 Å². The number of nitrogens with two attached hydrogens (primary N) is 1. The van der Waals surface area contributed by atoms with Gasteiger partial charge in [-0.05, 0) is 31.6 Å². The molecule has 1 saturated carbocycles. The van der Waals surface area contributed by atoms with Gasteiger partial charge in [-0.25, -0.2) is 0 Å². The van der Waals surface area contributed by atoms with Crippen molar-refractivity contribution in [2.75, 3.05) is 0 Å². The Morgan fingerprint density at radius 3 is 2.50 bits per heavy atom. The lowest BCUT2D eigenvalue weighted by Gasteiger charge is -2.13. The number of rotatable bonds is 7. The Morgan fingerprint density at radius 1 is 1.36 bits per heavy atom. The Bertz CT molecular complexity index is 187. The van der Waals surface area contributed by atoms with Crippen LogP contribution in [0.1, 0.15) is 52.4 Å². The topological polar surface area (TPSA) is 43.1 Å². The molecule has 0 aromatic carbocycles. The molecule has 2 atom stereocenters. The molecule has 0 saturated heterocycles. The second-order valence-electron chi connectivity index (χ2n) is 4.92. The molecular weight excluding hydrogens is 174 g/mol. The smallest absolute Gasteiger partial charge is 0.146 e. The fourth-order valence-corrected chi connectivity index (χ4v) is 1.74. The minimum atomic E-state index is -0.224. The first-order chi connectivity index (χ1) is 6.59. The van der Waals surface area contributed by atoms with Crippen molar-refractivity contribution in [2.24, 2.45) is 17.6 Å². The summed E-state index contributed by atoms with van der Waals surface area (Å²) in [5.74, 6) is 1.89. The second-order valence-corrected chi connectivity index (χ2v) is 4.92. The standard InChI is InChI=1S/C12H23NO/c1-9(3-5-11-6-7-11)4-8-12(13)10(2)14/h9,11-12H,3-8,13H2,1-2H3/t9-,12+/m1/s1. The molecule has 0 amide bonds. The quantitative estimate of drug-likeness (QED) is 0.681. The van der Waals surface area contributed by atoms with Crippen LogP contribution >= 0.6 is 0 Å². The number of ketones is 1. The zero-order valence-corrected chi connectivity index (χ0v) is 9.46. The van der Waals surface area contributed by atoms with Gasteiger partial charge < -0.3 is 5.73 Å². The molecule has 0 unspecified atom stereocenters. The van der Waals surface area contributed by atoms with E-state index in [1.165, 1.54) is 25.7 Å². The van der Waals surface area contributed by atoms with Gasteiger partial charge in [-0.15, -0.1) is 0 Å². The van der Waals surface area contributed by atoms with Gasteiger partial charge in [0.2, 0.25) is 0 Å². The van der Waals surface area contributed by atoms with Crippen molar-refractivity contribution in [1.82, 2.24) is 0 Å². The third kappa shape index (κ3) is 4.75. The van der Waals surface area contributed by atoms with Gasteiger partial charge in [0.1, 0.15) is 5.78 Å². The maximum atomic E-state index is 10.9.